The highest BCUT2D eigenvalue weighted by Gasteiger charge is 2.00. The molecule has 0 radical (unpaired) electrons. The van der Waals surface area contributed by atoms with Gasteiger partial charge in [0.1, 0.15) is 5.82 Å². The van der Waals surface area contributed by atoms with Gasteiger partial charge in [-0.3, -0.25) is 0 Å². The maximum atomic E-state index is 4.39. The zero-order chi connectivity index (χ0) is 14.4. The lowest BCUT2D eigenvalue weighted by Gasteiger charge is -2.09. The molecule has 4 heteroatoms. The van der Waals surface area contributed by atoms with E-state index in [4.69, 9.17) is 0 Å². The zero-order valence-electron chi connectivity index (χ0n) is 12.4. The van der Waals surface area contributed by atoms with Crippen LogP contribution in [-0.4, -0.2) is 16.5 Å². The molecule has 0 bridgehead atoms. The molecular weight excluding hydrogens is 248 g/mol. The molecule has 0 amide bonds. The molecule has 1 heterocycles. The number of nitrogens with one attached hydrogen (secondary N) is 2. The summed E-state index contributed by atoms with van der Waals surface area (Å²) in [7, 11) is 0. The van der Waals surface area contributed by atoms with Gasteiger partial charge in [0.25, 0.3) is 0 Å². The van der Waals surface area contributed by atoms with E-state index in [1.54, 1.807) is 6.20 Å². The molecule has 1 aromatic carbocycles. The predicted molar refractivity (Wildman–Crippen MR) is 84.1 cm³/mol. The molecule has 4 nitrogen and oxygen atoms in total. The summed E-state index contributed by atoms with van der Waals surface area (Å²) >= 11 is 0. The standard InChI is InChI=1S/C16H22N4/c1-4-17-16-18-10-9-15(20-16)19-11-13-5-7-14(8-6-13)12(2)3/h5-10,12H,4,11H2,1-3H3,(H2,17,18,19,20). The van der Waals surface area contributed by atoms with E-state index < -0.39 is 0 Å². The van der Waals surface area contributed by atoms with Crippen molar-refractivity contribution in [2.24, 2.45) is 0 Å². The lowest BCUT2D eigenvalue weighted by Crippen LogP contribution is -2.06. The van der Waals surface area contributed by atoms with Gasteiger partial charge in [-0.2, -0.15) is 4.98 Å². The molecule has 0 saturated carbocycles. The van der Waals surface area contributed by atoms with Crippen molar-refractivity contribution in [1.82, 2.24) is 9.97 Å². The molecule has 2 aromatic rings. The van der Waals surface area contributed by atoms with Crippen molar-refractivity contribution in [3.63, 3.8) is 0 Å². The first kappa shape index (κ1) is 14.3. The number of hydrogen-bond donors (Lipinski definition) is 2. The Kier molecular flexibility index (Phi) is 4.93. The van der Waals surface area contributed by atoms with E-state index in [1.807, 2.05) is 13.0 Å². The third kappa shape index (κ3) is 3.95. The van der Waals surface area contributed by atoms with Crippen LogP contribution in [0.2, 0.25) is 0 Å². The van der Waals surface area contributed by atoms with Crippen molar-refractivity contribution < 1.29 is 0 Å². The van der Waals surface area contributed by atoms with Crippen LogP contribution >= 0.6 is 0 Å². The van der Waals surface area contributed by atoms with Gasteiger partial charge in [-0.1, -0.05) is 38.1 Å². The van der Waals surface area contributed by atoms with Gasteiger partial charge in [-0.15, -0.1) is 0 Å². The summed E-state index contributed by atoms with van der Waals surface area (Å²) < 4.78 is 0. The highest BCUT2D eigenvalue weighted by molar-refractivity contribution is 5.40. The SMILES string of the molecule is CCNc1nccc(NCc2ccc(C(C)C)cc2)n1. The van der Waals surface area contributed by atoms with Crippen LogP contribution in [0, 0.1) is 0 Å². The highest BCUT2D eigenvalue weighted by Crippen LogP contribution is 2.15. The fourth-order valence-corrected chi connectivity index (χ4v) is 1.91. The minimum Gasteiger partial charge on any atom is -0.366 e. The first-order chi connectivity index (χ1) is 9.69. The average molecular weight is 270 g/mol. The molecule has 0 aliphatic heterocycles. The van der Waals surface area contributed by atoms with Crippen molar-refractivity contribution in [1.29, 1.82) is 0 Å². The summed E-state index contributed by atoms with van der Waals surface area (Å²) in [4.78, 5) is 8.54. The number of benzene rings is 1. The minimum absolute atomic E-state index is 0.571. The van der Waals surface area contributed by atoms with E-state index in [9.17, 15) is 0 Å². The van der Waals surface area contributed by atoms with Crippen LogP contribution in [0.25, 0.3) is 0 Å². The minimum atomic E-state index is 0.571. The Morgan fingerprint density at radius 3 is 2.45 bits per heavy atom. The van der Waals surface area contributed by atoms with E-state index in [-0.39, 0.29) is 0 Å². The molecule has 20 heavy (non-hydrogen) atoms. The fourth-order valence-electron chi connectivity index (χ4n) is 1.91. The Hall–Kier alpha value is -2.10. The number of nitrogens with zero attached hydrogens (tertiary/aromatic N) is 2. The second-order valence-corrected chi connectivity index (χ2v) is 5.05. The maximum absolute atomic E-state index is 4.39. The Morgan fingerprint density at radius 1 is 1.05 bits per heavy atom. The van der Waals surface area contributed by atoms with Gasteiger partial charge in [-0.05, 0) is 30.0 Å². The molecule has 0 unspecified atom stereocenters. The number of rotatable bonds is 6. The topological polar surface area (TPSA) is 49.8 Å². The molecule has 0 saturated heterocycles. The summed E-state index contributed by atoms with van der Waals surface area (Å²) in [5, 5.41) is 6.42. The quantitative estimate of drug-likeness (QED) is 0.841. The summed E-state index contributed by atoms with van der Waals surface area (Å²) in [5.41, 5.74) is 2.61. The van der Waals surface area contributed by atoms with Gasteiger partial charge >= 0.3 is 0 Å². The van der Waals surface area contributed by atoms with Gasteiger partial charge in [0.2, 0.25) is 5.95 Å². The van der Waals surface area contributed by atoms with Crippen molar-refractivity contribution in [2.45, 2.75) is 33.2 Å². The Morgan fingerprint density at radius 2 is 1.80 bits per heavy atom. The maximum Gasteiger partial charge on any atom is 0.224 e. The zero-order valence-corrected chi connectivity index (χ0v) is 12.4. The van der Waals surface area contributed by atoms with Crippen molar-refractivity contribution in [2.75, 3.05) is 17.2 Å². The van der Waals surface area contributed by atoms with E-state index in [2.05, 4.69) is 58.7 Å². The van der Waals surface area contributed by atoms with Crippen LogP contribution in [0.5, 0.6) is 0 Å². The molecule has 0 spiro atoms. The fraction of sp³-hybridized carbons (Fsp3) is 0.375. The van der Waals surface area contributed by atoms with Gasteiger partial charge in [0, 0.05) is 19.3 Å². The van der Waals surface area contributed by atoms with Gasteiger partial charge in [-0.25, -0.2) is 4.98 Å². The smallest absolute Gasteiger partial charge is 0.224 e. The third-order valence-corrected chi connectivity index (χ3v) is 3.11. The highest BCUT2D eigenvalue weighted by atomic mass is 15.1. The van der Waals surface area contributed by atoms with Gasteiger partial charge in [0.15, 0.2) is 0 Å². The third-order valence-electron chi connectivity index (χ3n) is 3.11. The lowest BCUT2D eigenvalue weighted by atomic mass is 10.0. The predicted octanol–water partition coefficient (Wildman–Crippen LogP) is 3.64. The Bertz CT molecular complexity index is 534. The van der Waals surface area contributed by atoms with Crippen molar-refractivity contribution >= 4 is 11.8 Å². The average Bonchev–Trinajstić information content (AvgIpc) is 2.46. The molecule has 0 fully saturated rings. The normalized spacial score (nSPS) is 10.6. The summed E-state index contributed by atoms with van der Waals surface area (Å²) in [6, 6.07) is 10.6. The first-order valence-electron chi connectivity index (χ1n) is 7.08. The molecule has 1 aromatic heterocycles. The van der Waals surface area contributed by atoms with Crippen LogP contribution in [0.4, 0.5) is 11.8 Å². The van der Waals surface area contributed by atoms with E-state index in [0.717, 1.165) is 18.9 Å². The van der Waals surface area contributed by atoms with Gasteiger partial charge < -0.3 is 10.6 Å². The Labute approximate surface area is 120 Å². The second kappa shape index (κ2) is 6.89. The summed E-state index contributed by atoms with van der Waals surface area (Å²) in [6.07, 6.45) is 1.76. The summed E-state index contributed by atoms with van der Waals surface area (Å²) in [5.74, 6) is 2.07. The molecule has 106 valence electrons. The second-order valence-electron chi connectivity index (χ2n) is 5.05. The van der Waals surface area contributed by atoms with E-state index in [0.29, 0.717) is 11.9 Å². The van der Waals surface area contributed by atoms with Crippen LogP contribution < -0.4 is 10.6 Å². The first-order valence-corrected chi connectivity index (χ1v) is 7.08. The molecule has 0 aliphatic carbocycles. The Balaban J connectivity index is 1.96. The van der Waals surface area contributed by atoms with Crippen molar-refractivity contribution in [3.05, 3.63) is 47.7 Å². The van der Waals surface area contributed by atoms with Crippen LogP contribution in [0.3, 0.4) is 0 Å². The molecule has 0 aliphatic rings. The molecule has 0 atom stereocenters. The monoisotopic (exact) mass is 270 g/mol. The largest absolute Gasteiger partial charge is 0.366 e. The summed E-state index contributed by atoms with van der Waals surface area (Å²) in [6.45, 7) is 8.02. The van der Waals surface area contributed by atoms with Crippen LogP contribution in [0.15, 0.2) is 36.5 Å². The van der Waals surface area contributed by atoms with E-state index in [1.165, 1.54) is 11.1 Å². The molecular formula is C16H22N4. The van der Waals surface area contributed by atoms with Crippen LogP contribution in [0.1, 0.15) is 37.8 Å². The van der Waals surface area contributed by atoms with Gasteiger partial charge in [0.05, 0.1) is 0 Å². The van der Waals surface area contributed by atoms with Crippen LogP contribution in [-0.2, 0) is 6.54 Å². The van der Waals surface area contributed by atoms with E-state index >= 15 is 0 Å². The number of aromatic nitrogens is 2. The number of hydrogen-bond acceptors (Lipinski definition) is 4. The number of anilines is 2. The van der Waals surface area contributed by atoms with Crippen molar-refractivity contribution in [3.8, 4) is 0 Å². The molecule has 2 N–H and O–H groups in total. The lowest BCUT2D eigenvalue weighted by molar-refractivity contribution is 0.865. The molecule has 2 rings (SSSR count).